The topological polar surface area (TPSA) is 43.8 Å². The zero-order valence-corrected chi connectivity index (χ0v) is 10.6. The monoisotopic (exact) mass is 229 g/mol. The second kappa shape index (κ2) is 4.72. The van der Waals surface area contributed by atoms with Crippen molar-refractivity contribution >= 4 is 0 Å². The van der Waals surface area contributed by atoms with Gasteiger partial charge in [-0.3, -0.25) is 4.68 Å². The van der Waals surface area contributed by atoms with Crippen molar-refractivity contribution in [3.8, 4) is 0 Å². The summed E-state index contributed by atoms with van der Waals surface area (Å²) < 4.78 is 1.81. The van der Waals surface area contributed by atoms with E-state index in [0.717, 1.165) is 23.2 Å². The van der Waals surface area contributed by atoms with Crippen molar-refractivity contribution in [3.63, 3.8) is 0 Å². The molecular formula is C14H19N3. The van der Waals surface area contributed by atoms with Crippen LogP contribution in [-0.2, 0) is 13.5 Å². The van der Waals surface area contributed by atoms with Gasteiger partial charge in [-0.1, -0.05) is 31.2 Å². The summed E-state index contributed by atoms with van der Waals surface area (Å²) in [5, 5.41) is 4.34. The predicted molar refractivity (Wildman–Crippen MR) is 69.8 cm³/mol. The van der Waals surface area contributed by atoms with Crippen molar-refractivity contribution in [2.24, 2.45) is 12.8 Å². The molecule has 0 bridgehead atoms. The molecule has 0 amide bonds. The lowest BCUT2D eigenvalue weighted by Crippen LogP contribution is -2.12. The molecule has 2 aromatic rings. The Kier molecular flexibility index (Phi) is 3.29. The maximum Gasteiger partial charge on any atom is 0.0644 e. The lowest BCUT2D eigenvalue weighted by atomic mass is 9.98. The van der Waals surface area contributed by atoms with E-state index in [1.807, 2.05) is 24.9 Å². The van der Waals surface area contributed by atoms with Gasteiger partial charge in [-0.2, -0.15) is 5.10 Å². The normalized spacial score (nSPS) is 12.7. The first-order valence-corrected chi connectivity index (χ1v) is 5.96. The van der Waals surface area contributed by atoms with E-state index in [9.17, 15) is 0 Å². The third-order valence-electron chi connectivity index (χ3n) is 3.10. The second-order valence-electron chi connectivity index (χ2n) is 4.42. The minimum Gasteiger partial charge on any atom is -0.320 e. The molecule has 1 aromatic heterocycles. The first-order chi connectivity index (χ1) is 8.11. The van der Waals surface area contributed by atoms with Gasteiger partial charge in [-0.15, -0.1) is 0 Å². The van der Waals surface area contributed by atoms with Crippen LogP contribution in [0.2, 0.25) is 0 Å². The van der Waals surface area contributed by atoms with Crippen LogP contribution in [0.3, 0.4) is 0 Å². The third-order valence-corrected chi connectivity index (χ3v) is 3.10. The summed E-state index contributed by atoms with van der Waals surface area (Å²) in [7, 11) is 1.92. The van der Waals surface area contributed by atoms with E-state index in [1.54, 1.807) is 0 Å². The van der Waals surface area contributed by atoms with E-state index in [4.69, 9.17) is 5.73 Å². The van der Waals surface area contributed by atoms with Gasteiger partial charge >= 0.3 is 0 Å². The molecule has 2 N–H and O–H groups in total. The lowest BCUT2D eigenvalue weighted by molar-refractivity contribution is 0.756. The Balaban J connectivity index is 2.36. The summed E-state index contributed by atoms with van der Waals surface area (Å²) in [4.78, 5) is 0. The molecule has 90 valence electrons. The standard InChI is InChI=1S/C14H19N3/c1-4-11-6-5-7-12(8-11)14(15)13-9-17(3)16-10(13)2/h5-9,14H,4,15H2,1-3H3. The van der Waals surface area contributed by atoms with Crippen LogP contribution in [0.5, 0.6) is 0 Å². The molecule has 1 aromatic carbocycles. The number of hydrogen-bond donors (Lipinski definition) is 1. The fraction of sp³-hybridized carbons (Fsp3) is 0.357. The maximum atomic E-state index is 6.30. The molecule has 0 aliphatic heterocycles. The van der Waals surface area contributed by atoms with Crippen LogP contribution < -0.4 is 5.73 Å². The quantitative estimate of drug-likeness (QED) is 0.878. The largest absolute Gasteiger partial charge is 0.320 e. The van der Waals surface area contributed by atoms with Gasteiger partial charge in [0, 0.05) is 18.8 Å². The van der Waals surface area contributed by atoms with Crippen molar-refractivity contribution in [2.45, 2.75) is 26.3 Å². The highest BCUT2D eigenvalue weighted by Crippen LogP contribution is 2.22. The van der Waals surface area contributed by atoms with E-state index < -0.39 is 0 Å². The Hall–Kier alpha value is -1.61. The van der Waals surface area contributed by atoms with E-state index >= 15 is 0 Å². The molecule has 0 fully saturated rings. The second-order valence-corrected chi connectivity index (χ2v) is 4.42. The molecule has 0 aliphatic carbocycles. The molecule has 3 heteroatoms. The molecule has 3 nitrogen and oxygen atoms in total. The highest BCUT2D eigenvalue weighted by molar-refractivity contribution is 5.34. The van der Waals surface area contributed by atoms with Gasteiger partial charge in [0.1, 0.15) is 0 Å². The van der Waals surface area contributed by atoms with E-state index in [-0.39, 0.29) is 6.04 Å². The summed E-state index contributed by atoms with van der Waals surface area (Å²) in [6.45, 7) is 4.15. The summed E-state index contributed by atoms with van der Waals surface area (Å²) >= 11 is 0. The highest BCUT2D eigenvalue weighted by atomic mass is 15.2. The zero-order chi connectivity index (χ0) is 12.4. The predicted octanol–water partition coefficient (Wildman–Crippen LogP) is 2.34. The van der Waals surface area contributed by atoms with Crippen LogP contribution in [0, 0.1) is 6.92 Å². The number of hydrogen-bond acceptors (Lipinski definition) is 2. The Morgan fingerprint density at radius 2 is 2.18 bits per heavy atom. The number of aryl methyl sites for hydroxylation is 3. The van der Waals surface area contributed by atoms with Crippen molar-refractivity contribution < 1.29 is 0 Å². The van der Waals surface area contributed by atoms with Crippen LogP contribution in [0.25, 0.3) is 0 Å². The van der Waals surface area contributed by atoms with Crippen LogP contribution in [0.15, 0.2) is 30.5 Å². The Bertz CT molecular complexity index is 514. The molecule has 0 radical (unpaired) electrons. The highest BCUT2D eigenvalue weighted by Gasteiger charge is 2.14. The van der Waals surface area contributed by atoms with Gasteiger partial charge in [0.2, 0.25) is 0 Å². The van der Waals surface area contributed by atoms with Crippen LogP contribution in [-0.4, -0.2) is 9.78 Å². The minimum atomic E-state index is -0.0878. The van der Waals surface area contributed by atoms with Gasteiger partial charge in [0.25, 0.3) is 0 Å². The van der Waals surface area contributed by atoms with Gasteiger partial charge in [-0.05, 0) is 24.5 Å². The van der Waals surface area contributed by atoms with Crippen molar-refractivity contribution in [2.75, 3.05) is 0 Å². The van der Waals surface area contributed by atoms with Crippen LogP contribution in [0.4, 0.5) is 0 Å². The zero-order valence-electron chi connectivity index (χ0n) is 10.6. The molecule has 2 rings (SSSR count). The van der Waals surface area contributed by atoms with E-state index in [1.165, 1.54) is 5.56 Å². The Labute approximate surface area is 102 Å². The summed E-state index contributed by atoms with van der Waals surface area (Å²) in [5.74, 6) is 0. The molecule has 1 atom stereocenters. The number of rotatable bonds is 3. The fourth-order valence-corrected chi connectivity index (χ4v) is 2.11. The van der Waals surface area contributed by atoms with Gasteiger partial charge in [-0.25, -0.2) is 0 Å². The number of aromatic nitrogens is 2. The van der Waals surface area contributed by atoms with Crippen molar-refractivity contribution in [1.82, 2.24) is 9.78 Å². The van der Waals surface area contributed by atoms with Gasteiger partial charge in [0.15, 0.2) is 0 Å². The van der Waals surface area contributed by atoms with Crippen molar-refractivity contribution in [1.29, 1.82) is 0 Å². The SMILES string of the molecule is CCc1cccc(C(N)c2cn(C)nc2C)c1. The summed E-state index contributed by atoms with van der Waals surface area (Å²) in [5.41, 5.74) is 10.9. The van der Waals surface area contributed by atoms with E-state index in [0.29, 0.717) is 0 Å². The average molecular weight is 229 g/mol. The molecule has 0 spiro atoms. The molecule has 17 heavy (non-hydrogen) atoms. The number of nitrogens with zero attached hydrogens (tertiary/aromatic N) is 2. The van der Waals surface area contributed by atoms with Crippen LogP contribution in [0.1, 0.15) is 35.3 Å². The smallest absolute Gasteiger partial charge is 0.0644 e. The first kappa shape index (κ1) is 11.9. The fourth-order valence-electron chi connectivity index (χ4n) is 2.11. The van der Waals surface area contributed by atoms with Crippen LogP contribution >= 0.6 is 0 Å². The number of nitrogens with two attached hydrogens (primary N) is 1. The Morgan fingerprint density at radius 1 is 1.41 bits per heavy atom. The first-order valence-electron chi connectivity index (χ1n) is 5.96. The maximum absolute atomic E-state index is 6.30. The Morgan fingerprint density at radius 3 is 2.76 bits per heavy atom. The van der Waals surface area contributed by atoms with Gasteiger partial charge < -0.3 is 5.73 Å². The molecule has 1 unspecified atom stereocenters. The molecule has 0 aliphatic rings. The third kappa shape index (κ3) is 2.39. The van der Waals surface area contributed by atoms with Crippen molar-refractivity contribution in [3.05, 3.63) is 52.8 Å². The summed E-state index contributed by atoms with van der Waals surface area (Å²) in [6.07, 6.45) is 3.03. The summed E-state index contributed by atoms with van der Waals surface area (Å²) in [6, 6.07) is 8.37. The molecular weight excluding hydrogens is 210 g/mol. The van der Waals surface area contributed by atoms with Gasteiger partial charge in [0.05, 0.1) is 11.7 Å². The average Bonchev–Trinajstić information content (AvgIpc) is 2.67. The lowest BCUT2D eigenvalue weighted by Gasteiger charge is -2.12. The number of benzene rings is 1. The molecule has 1 heterocycles. The minimum absolute atomic E-state index is 0.0878. The molecule has 0 saturated heterocycles. The molecule has 0 saturated carbocycles. The van der Waals surface area contributed by atoms with E-state index in [2.05, 4.69) is 36.3 Å².